The van der Waals surface area contributed by atoms with Gasteiger partial charge in [0, 0.05) is 19.6 Å². The van der Waals surface area contributed by atoms with Crippen molar-refractivity contribution in [1.82, 2.24) is 9.62 Å². The molecule has 9 heteroatoms. The minimum Gasteiger partial charge on any atom is -0.315 e. The molecule has 1 N–H and O–H groups in total. The minimum atomic E-state index is -4.70. The summed E-state index contributed by atoms with van der Waals surface area (Å²) in [6.07, 6.45) is -4.07. The van der Waals surface area contributed by atoms with E-state index in [4.69, 9.17) is 5.26 Å². The molecule has 1 aliphatic heterocycles. The van der Waals surface area contributed by atoms with Gasteiger partial charge < -0.3 is 5.32 Å². The second-order valence-corrected chi connectivity index (χ2v) is 6.98. The summed E-state index contributed by atoms with van der Waals surface area (Å²) in [5.41, 5.74) is -1.84. The van der Waals surface area contributed by atoms with Crippen LogP contribution in [0.2, 0.25) is 0 Å². The van der Waals surface area contributed by atoms with Crippen molar-refractivity contribution in [1.29, 1.82) is 5.26 Å². The third kappa shape index (κ3) is 3.09. The van der Waals surface area contributed by atoms with Gasteiger partial charge in [0.2, 0.25) is 10.0 Å². The van der Waals surface area contributed by atoms with E-state index in [1.807, 2.05) is 0 Å². The molecule has 0 bridgehead atoms. The molecule has 1 aliphatic rings. The molecule has 0 amide bonds. The highest BCUT2D eigenvalue weighted by atomic mass is 32.2. The van der Waals surface area contributed by atoms with Gasteiger partial charge in [-0.1, -0.05) is 0 Å². The first kappa shape index (κ1) is 16.7. The summed E-state index contributed by atoms with van der Waals surface area (Å²) in [6, 6.07) is 3.45. The van der Waals surface area contributed by atoms with Crippen LogP contribution in [0.4, 0.5) is 13.2 Å². The van der Waals surface area contributed by atoms with E-state index in [9.17, 15) is 21.6 Å². The van der Waals surface area contributed by atoms with Gasteiger partial charge in [-0.15, -0.1) is 0 Å². The van der Waals surface area contributed by atoms with E-state index in [-0.39, 0.29) is 10.9 Å². The van der Waals surface area contributed by atoms with E-state index in [2.05, 4.69) is 5.32 Å². The van der Waals surface area contributed by atoms with E-state index in [0.29, 0.717) is 25.6 Å². The molecule has 0 aromatic heterocycles. The highest BCUT2D eigenvalue weighted by Gasteiger charge is 2.35. The number of rotatable bonds is 3. The average Bonchev–Trinajstić information content (AvgIpc) is 2.98. The number of sulfonamides is 1. The fraction of sp³-hybridized carbons (Fsp3) is 0.462. The molecule has 22 heavy (non-hydrogen) atoms. The Bertz CT molecular complexity index is 704. The van der Waals surface area contributed by atoms with Gasteiger partial charge in [-0.2, -0.15) is 22.7 Å². The second kappa shape index (κ2) is 5.87. The molecular formula is C13H14F3N3O2S. The van der Waals surface area contributed by atoms with Gasteiger partial charge >= 0.3 is 6.18 Å². The second-order valence-electron chi connectivity index (χ2n) is 4.98. The molecule has 2 rings (SSSR count). The lowest BCUT2D eigenvalue weighted by molar-refractivity contribution is -0.137. The highest BCUT2D eigenvalue weighted by Crippen LogP contribution is 2.33. The maximum absolute atomic E-state index is 12.7. The third-order valence-corrected chi connectivity index (χ3v) is 5.55. The van der Waals surface area contributed by atoms with Crippen molar-refractivity contribution in [3.8, 4) is 6.07 Å². The summed E-state index contributed by atoms with van der Waals surface area (Å²) in [5.74, 6) is 0. The van der Waals surface area contributed by atoms with Crippen LogP contribution in [-0.2, 0) is 16.2 Å². The summed E-state index contributed by atoms with van der Waals surface area (Å²) in [6.45, 7) is 1.17. The van der Waals surface area contributed by atoms with Gasteiger partial charge in [0.25, 0.3) is 0 Å². The van der Waals surface area contributed by atoms with Gasteiger partial charge in [-0.05, 0) is 31.2 Å². The SMILES string of the molecule is CN(C1CCNC1)S(=O)(=O)c1ccc(C(F)(F)F)c(C#N)c1. The Hall–Kier alpha value is -1.63. The van der Waals surface area contributed by atoms with Crippen LogP contribution in [0.5, 0.6) is 0 Å². The smallest absolute Gasteiger partial charge is 0.315 e. The standard InChI is InChI=1S/C13H14F3N3O2S/c1-19(10-4-5-18-8-10)22(20,21)11-2-3-12(13(14,15)16)9(6-11)7-17/h2-3,6,10,18H,4-5,8H2,1H3. The zero-order valence-corrected chi connectivity index (χ0v) is 12.5. The monoisotopic (exact) mass is 333 g/mol. The zero-order chi connectivity index (χ0) is 16.5. The minimum absolute atomic E-state index is 0.252. The van der Waals surface area contributed by atoms with E-state index in [1.54, 1.807) is 0 Å². The fourth-order valence-electron chi connectivity index (χ4n) is 2.34. The lowest BCUT2D eigenvalue weighted by atomic mass is 10.1. The van der Waals surface area contributed by atoms with E-state index in [1.165, 1.54) is 13.1 Å². The molecule has 1 unspecified atom stereocenters. The van der Waals surface area contributed by atoms with E-state index in [0.717, 1.165) is 16.4 Å². The van der Waals surface area contributed by atoms with Crippen LogP contribution < -0.4 is 5.32 Å². The number of halogens is 3. The first-order valence-corrected chi connectivity index (χ1v) is 7.92. The number of likely N-dealkylation sites (N-methyl/N-ethyl adjacent to an activating group) is 1. The number of alkyl halides is 3. The Morgan fingerprint density at radius 2 is 2.09 bits per heavy atom. The van der Waals surface area contributed by atoms with Gasteiger partial charge in [-0.3, -0.25) is 0 Å². The van der Waals surface area contributed by atoms with Crippen molar-refractivity contribution in [2.45, 2.75) is 23.5 Å². The third-order valence-electron chi connectivity index (χ3n) is 3.64. The van der Waals surface area contributed by atoms with Crippen molar-refractivity contribution in [2.24, 2.45) is 0 Å². The first-order valence-electron chi connectivity index (χ1n) is 6.48. The van der Waals surface area contributed by atoms with Crippen LogP contribution in [0.1, 0.15) is 17.5 Å². The van der Waals surface area contributed by atoms with Gasteiger partial charge in [0.05, 0.1) is 22.1 Å². The molecule has 1 fully saturated rings. The van der Waals surface area contributed by atoms with Crippen molar-refractivity contribution in [2.75, 3.05) is 20.1 Å². The largest absolute Gasteiger partial charge is 0.417 e. The normalized spacial score (nSPS) is 19.4. The lowest BCUT2D eigenvalue weighted by Gasteiger charge is -2.23. The fourth-order valence-corrected chi connectivity index (χ4v) is 3.75. The number of nitriles is 1. The number of benzene rings is 1. The molecule has 0 spiro atoms. The first-order chi connectivity index (χ1) is 10.2. The average molecular weight is 333 g/mol. The van der Waals surface area contributed by atoms with E-state index < -0.39 is 27.3 Å². The Morgan fingerprint density at radius 1 is 1.41 bits per heavy atom. The van der Waals surface area contributed by atoms with Crippen LogP contribution in [0, 0.1) is 11.3 Å². The predicted molar refractivity (Wildman–Crippen MR) is 72.4 cm³/mol. The Morgan fingerprint density at radius 3 is 2.59 bits per heavy atom. The van der Waals surface area contributed by atoms with Gasteiger partial charge in [-0.25, -0.2) is 8.42 Å². The summed E-state index contributed by atoms with van der Waals surface area (Å²) in [4.78, 5) is -0.313. The number of hydrogen-bond donors (Lipinski definition) is 1. The summed E-state index contributed by atoms with van der Waals surface area (Å²) in [5, 5.41) is 11.9. The molecule has 120 valence electrons. The van der Waals surface area contributed by atoms with Crippen molar-refractivity contribution >= 4 is 10.0 Å². The molecule has 1 atom stereocenters. The summed E-state index contributed by atoms with van der Waals surface area (Å²) < 4.78 is 64.3. The maximum atomic E-state index is 12.7. The zero-order valence-electron chi connectivity index (χ0n) is 11.7. The predicted octanol–water partition coefficient (Wildman–Crippen LogP) is 1.56. The quantitative estimate of drug-likeness (QED) is 0.911. The number of nitrogens with one attached hydrogen (secondary N) is 1. The Balaban J connectivity index is 2.42. The van der Waals surface area contributed by atoms with Crippen LogP contribution >= 0.6 is 0 Å². The van der Waals surface area contributed by atoms with Gasteiger partial charge in [0.15, 0.2) is 0 Å². The summed E-state index contributed by atoms with van der Waals surface area (Å²) >= 11 is 0. The molecular weight excluding hydrogens is 319 g/mol. The van der Waals surface area contributed by atoms with Gasteiger partial charge in [0.1, 0.15) is 0 Å². The van der Waals surface area contributed by atoms with Crippen LogP contribution in [0.25, 0.3) is 0 Å². The lowest BCUT2D eigenvalue weighted by Crippen LogP contribution is -2.38. The highest BCUT2D eigenvalue weighted by molar-refractivity contribution is 7.89. The van der Waals surface area contributed by atoms with Crippen molar-refractivity contribution < 1.29 is 21.6 Å². The molecule has 1 saturated heterocycles. The number of nitrogens with zero attached hydrogens (tertiary/aromatic N) is 2. The molecule has 0 saturated carbocycles. The van der Waals surface area contributed by atoms with Crippen LogP contribution in [0.15, 0.2) is 23.1 Å². The number of hydrogen-bond acceptors (Lipinski definition) is 4. The topological polar surface area (TPSA) is 73.2 Å². The Kier molecular flexibility index (Phi) is 4.47. The molecule has 0 aliphatic carbocycles. The van der Waals surface area contributed by atoms with Crippen LogP contribution in [0.3, 0.4) is 0 Å². The Labute approximate surface area is 126 Å². The van der Waals surface area contributed by atoms with Crippen LogP contribution in [-0.4, -0.2) is 38.9 Å². The maximum Gasteiger partial charge on any atom is 0.417 e. The molecule has 1 aromatic rings. The molecule has 0 radical (unpaired) electrons. The molecule has 1 heterocycles. The molecule has 1 aromatic carbocycles. The molecule has 5 nitrogen and oxygen atoms in total. The van der Waals surface area contributed by atoms with Crippen molar-refractivity contribution in [3.63, 3.8) is 0 Å². The van der Waals surface area contributed by atoms with Crippen molar-refractivity contribution in [3.05, 3.63) is 29.3 Å². The van der Waals surface area contributed by atoms with E-state index >= 15 is 0 Å². The summed E-state index contributed by atoms with van der Waals surface area (Å²) in [7, 11) is -2.56.